The summed E-state index contributed by atoms with van der Waals surface area (Å²) in [6, 6.07) is 8.80. The molecule has 2 aromatic rings. The maximum Gasteiger partial charge on any atom is 0.233 e. The maximum absolute atomic E-state index is 12.4. The number of amides is 1. The summed E-state index contributed by atoms with van der Waals surface area (Å²) in [5.74, 6) is 0.486. The van der Waals surface area contributed by atoms with Crippen molar-refractivity contribution in [3.63, 3.8) is 0 Å². The Balaban J connectivity index is 1.51. The highest BCUT2D eigenvalue weighted by Crippen LogP contribution is 2.37. The van der Waals surface area contributed by atoms with Crippen molar-refractivity contribution in [1.29, 1.82) is 0 Å². The standard InChI is InChI=1S/C17H23N5OS/c1-20(2)14-6-4-13(5-7-14)10-21(3)16(23)11-24-17-19-18-12-22(17)15-8-9-15/h4-7,12,15H,8-11H2,1-3H3. The zero-order valence-electron chi connectivity index (χ0n) is 14.3. The van der Waals surface area contributed by atoms with Crippen LogP contribution in [0.2, 0.25) is 0 Å². The molecule has 0 bridgehead atoms. The lowest BCUT2D eigenvalue weighted by Gasteiger charge is -2.18. The van der Waals surface area contributed by atoms with Crippen LogP contribution in [0.5, 0.6) is 0 Å². The van der Waals surface area contributed by atoms with Gasteiger partial charge in [-0.25, -0.2) is 0 Å². The molecule has 1 aromatic carbocycles. The number of nitrogens with zero attached hydrogens (tertiary/aromatic N) is 5. The molecule has 0 spiro atoms. The molecule has 6 nitrogen and oxygen atoms in total. The number of carbonyl (C=O) groups excluding carboxylic acids is 1. The molecule has 0 aliphatic heterocycles. The van der Waals surface area contributed by atoms with Crippen molar-refractivity contribution in [1.82, 2.24) is 19.7 Å². The first-order chi connectivity index (χ1) is 11.5. The number of anilines is 1. The Hall–Kier alpha value is -2.02. The topological polar surface area (TPSA) is 54.3 Å². The van der Waals surface area contributed by atoms with Gasteiger partial charge in [0.15, 0.2) is 5.16 Å². The summed E-state index contributed by atoms with van der Waals surface area (Å²) in [6.45, 7) is 0.614. The van der Waals surface area contributed by atoms with Crippen LogP contribution in [0, 0.1) is 0 Å². The van der Waals surface area contributed by atoms with Crippen molar-refractivity contribution in [2.24, 2.45) is 0 Å². The Morgan fingerprint density at radius 1 is 1.25 bits per heavy atom. The van der Waals surface area contributed by atoms with Crippen LogP contribution in [0.25, 0.3) is 0 Å². The third-order valence-electron chi connectivity index (χ3n) is 4.10. The smallest absolute Gasteiger partial charge is 0.233 e. The molecule has 1 aromatic heterocycles. The van der Waals surface area contributed by atoms with E-state index in [1.54, 1.807) is 11.2 Å². The van der Waals surface area contributed by atoms with Gasteiger partial charge in [0.05, 0.1) is 5.75 Å². The van der Waals surface area contributed by atoms with Crippen LogP contribution in [0.15, 0.2) is 35.7 Å². The zero-order chi connectivity index (χ0) is 17.1. The van der Waals surface area contributed by atoms with Gasteiger partial charge < -0.3 is 14.4 Å². The molecule has 3 rings (SSSR count). The molecular formula is C17H23N5OS. The number of thioether (sulfide) groups is 1. The molecule has 1 heterocycles. The molecule has 0 saturated heterocycles. The quantitative estimate of drug-likeness (QED) is 0.722. The SMILES string of the molecule is CN(Cc1ccc(N(C)C)cc1)C(=O)CSc1nncn1C1CC1. The van der Waals surface area contributed by atoms with Crippen molar-refractivity contribution in [3.05, 3.63) is 36.2 Å². The fourth-order valence-corrected chi connectivity index (χ4v) is 3.36. The summed E-state index contributed by atoms with van der Waals surface area (Å²) in [5, 5.41) is 8.92. The average molecular weight is 345 g/mol. The van der Waals surface area contributed by atoms with Gasteiger partial charge in [-0.1, -0.05) is 23.9 Å². The van der Waals surface area contributed by atoms with Crippen LogP contribution in [0.4, 0.5) is 5.69 Å². The van der Waals surface area contributed by atoms with Crippen molar-refractivity contribution >= 4 is 23.4 Å². The lowest BCUT2D eigenvalue weighted by Crippen LogP contribution is -2.27. The molecule has 1 aliphatic rings. The number of hydrogen-bond acceptors (Lipinski definition) is 5. The van der Waals surface area contributed by atoms with E-state index >= 15 is 0 Å². The molecule has 0 unspecified atom stereocenters. The maximum atomic E-state index is 12.4. The molecule has 1 aliphatic carbocycles. The normalized spacial score (nSPS) is 13.8. The van der Waals surface area contributed by atoms with Gasteiger partial charge in [0.1, 0.15) is 6.33 Å². The van der Waals surface area contributed by atoms with E-state index < -0.39 is 0 Å². The number of benzene rings is 1. The van der Waals surface area contributed by atoms with Crippen LogP contribution < -0.4 is 4.90 Å². The van der Waals surface area contributed by atoms with Gasteiger partial charge in [0.25, 0.3) is 0 Å². The van der Waals surface area contributed by atoms with E-state index in [2.05, 4.69) is 43.9 Å². The van der Waals surface area contributed by atoms with Gasteiger partial charge in [-0.2, -0.15) is 0 Å². The van der Waals surface area contributed by atoms with E-state index in [9.17, 15) is 4.79 Å². The third kappa shape index (κ3) is 4.08. The lowest BCUT2D eigenvalue weighted by atomic mass is 10.2. The minimum absolute atomic E-state index is 0.0991. The predicted octanol–water partition coefficient (Wildman–Crippen LogP) is 2.43. The monoisotopic (exact) mass is 345 g/mol. The second-order valence-electron chi connectivity index (χ2n) is 6.35. The first-order valence-corrected chi connectivity index (χ1v) is 9.05. The van der Waals surface area contributed by atoms with Gasteiger partial charge >= 0.3 is 0 Å². The lowest BCUT2D eigenvalue weighted by molar-refractivity contribution is -0.127. The summed E-state index contributed by atoms with van der Waals surface area (Å²) < 4.78 is 2.08. The molecule has 24 heavy (non-hydrogen) atoms. The zero-order valence-corrected chi connectivity index (χ0v) is 15.2. The van der Waals surface area contributed by atoms with E-state index in [0.29, 0.717) is 18.3 Å². The first-order valence-electron chi connectivity index (χ1n) is 8.07. The van der Waals surface area contributed by atoms with Crippen LogP contribution >= 0.6 is 11.8 Å². The van der Waals surface area contributed by atoms with Gasteiger partial charge in [-0.15, -0.1) is 10.2 Å². The van der Waals surface area contributed by atoms with Gasteiger partial charge in [0.2, 0.25) is 5.91 Å². The van der Waals surface area contributed by atoms with Crippen LogP contribution in [0.1, 0.15) is 24.4 Å². The number of aromatic nitrogens is 3. The Morgan fingerprint density at radius 3 is 2.58 bits per heavy atom. The van der Waals surface area contributed by atoms with Crippen molar-refractivity contribution < 1.29 is 4.79 Å². The van der Waals surface area contributed by atoms with Crippen molar-refractivity contribution in [2.45, 2.75) is 30.6 Å². The van der Waals surface area contributed by atoms with Crippen LogP contribution in [0.3, 0.4) is 0 Å². The van der Waals surface area contributed by atoms with Gasteiger partial charge in [0, 0.05) is 39.4 Å². The minimum Gasteiger partial charge on any atom is -0.378 e. The molecular weight excluding hydrogens is 322 g/mol. The number of carbonyl (C=O) groups is 1. The van der Waals surface area contributed by atoms with E-state index in [1.165, 1.54) is 24.6 Å². The molecule has 1 amide bonds. The molecule has 0 atom stereocenters. The molecule has 7 heteroatoms. The highest BCUT2D eigenvalue weighted by molar-refractivity contribution is 7.99. The Morgan fingerprint density at radius 2 is 1.96 bits per heavy atom. The van der Waals surface area contributed by atoms with Gasteiger partial charge in [-0.05, 0) is 30.5 Å². The average Bonchev–Trinajstić information content (AvgIpc) is 3.31. The van der Waals surface area contributed by atoms with E-state index in [1.807, 2.05) is 21.1 Å². The summed E-state index contributed by atoms with van der Waals surface area (Å²) in [5.41, 5.74) is 2.28. The molecule has 0 N–H and O–H groups in total. The van der Waals surface area contributed by atoms with Crippen LogP contribution in [-0.2, 0) is 11.3 Å². The predicted molar refractivity (Wildman–Crippen MR) is 96.3 cm³/mol. The molecule has 128 valence electrons. The summed E-state index contributed by atoms with van der Waals surface area (Å²) >= 11 is 1.47. The van der Waals surface area contributed by atoms with Crippen LogP contribution in [-0.4, -0.2) is 52.5 Å². The Kier molecular flexibility index (Phi) is 5.08. The van der Waals surface area contributed by atoms with Crippen molar-refractivity contribution in [2.75, 3.05) is 31.8 Å². The molecule has 0 radical (unpaired) electrons. The van der Waals surface area contributed by atoms with E-state index in [-0.39, 0.29) is 5.91 Å². The second-order valence-corrected chi connectivity index (χ2v) is 7.29. The van der Waals surface area contributed by atoms with E-state index in [0.717, 1.165) is 16.4 Å². The minimum atomic E-state index is 0.0991. The molecule has 1 fully saturated rings. The fourth-order valence-electron chi connectivity index (χ4n) is 2.44. The molecule has 1 saturated carbocycles. The van der Waals surface area contributed by atoms with E-state index in [4.69, 9.17) is 0 Å². The third-order valence-corrected chi connectivity index (χ3v) is 5.05. The Bertz CT molecular complexity index is 693. The Labute approximate surface area is 146 Å². The number of rotatable bonds is 7. The first kappa shape index (κ1) is 16.8. The summed E-state index contributed by atoms with van der Waals surface area (Å²) in [4.78, 5) is 16.2. The second kappa shape index (κ2) is 7.25. The highest BCUT2D eigenvalue weighted by Gasteiger charge is 2.26. The summed E-state index contributed by atoms with van der Waals surface area (Å²) in [6.07, 6.45) is 4.13. The summed E-state index contributed by atoms with van der Waals surface area (Å²) in [7, 11) is 5.87. The number of hydrogen-bond donors (Lipinski definition) is 0. The highest BCUT2D eigenvalue weighted by atomic mass is 32.2. The fraction of sp³-hybridized carbons (Fsp3) is 0.471. The van der Waals surface area contributed by atoms with Gasteiger partial charge in [-0.3, -0.25) is 4.79 Å². The largest absolute Gasteiger partial charge is 0.378 e. The van der Waals surface area contributed by atoms with Crippen molar-refractivity contribution in [3.8, 4) is 0 Å².